The topological polar surface area (TPSA) is 3.24 Å². The lowest BCUT2D eigenvalue weighted by Gasteiger charge is -2.39. The Balaban J connectivity index is 4.17. The third kappa shape index (κ3) is 6.19. The maximum atomic E-state index is 2.70. The highest BCUT2D eigenvalue weighted by atomic mass is 15.2. The molecule has 0 atom stereocenters. The molecule has 0 heterocycles. The summed E-state index contributed by atoms with van der Waals surface area (Å²) in [6.45, 7) is 14.2. The molecule has 0 radical (unpaired) electrons. The zero-order chi connectivity index (χ0) is 11.7. The average molecular weight is 213 g/mol. The summed E-state index contributed by atoms with van der Waals surface area (Å²) in [6, 6.07) is 0. The molecule has 0 unspecified atom stereocenters. The van der Waals surface area contributed by atoms with Crippen molar-refractivity contribution in [3.63, 3.8) is 0 Å². The fourth-order valence-electron chi connectivity index (χ4n) is 2.18. The second-order valence-corrected chi connectivity index (χ2v) is 5.26. The highest BCUT2D eigenvalue weighted by Gasteiger charge is 2.24. The molecule has 15 heavy (non-hydrogen) atoms. The number of rotatable bonds is 9. The summed E-state index contributed by atoms with van der Waals surface area (Å²) in [6.07, 6.45) is 7.92. The van der Waals surface area contributed by atoms with Crippen molar-refractivity contribution in [1.29, 1.82) is 0 Å². The van der Waals surface area contributed by atoms with Crippen molar-refractivity contribution in [3.8, 4) is 0 Å². The van der Waals surface area contributed by atoms with Crippen LogP contribution in [0.2, 0.25) is 0 Å². The van der Waals surface area contributed by atoms with E-state index in [9.17, 15) is 0 Å². The number of nitrogens with zero attached hydrogens (tertiary/aromatic N) is 1. The van der Waals surface area contributed by atoms with Crippen molar-refractivity contribution in [1.82, 2.24) is 4.90 Å². The largest absolute Gasteiger partial charge is 0.298 e. The van der Waals surface area contributed by atoms with Crippen LogP contribution in [0, 0.1) is 0 Å². The van der Waals surface area contributed by atoms with Gasteiger partial charge >= 0.3 is 0 Å². The fraction of sp³-hybridized carbons (Fsp3) is 1.00. The van der Waals surface area contributed by atoms with Crippen LogP contribution in [0.25, 0.3) is 0 Å². The highest BCUT2D eigenvalue weighted by molar-refractivity contribution is 4.80. The third-order valence-corrected chi connectivity index (χ3v) is 3.28. The van der Waals surface area contributed by atoms with E-state index in [1.54, 1.807) is 0 Å². The van der Waals surface area contributed by atoms with E-state index in [0.29, 0.717) is 5.54 Å². The Hall–Kier alpha value is -0.0400. The summed E-state index contributed by atoms with van der Waals surface area (Å²) in [5.74, 6) is 0. The predicted octanol–water partition coefficient (Wildman–Crippen LogP) is 4.47. The molecular formula is C14H31N. The van der Waals surface area contributed by atoms with Crippen LogP contribution in [0.15, 0.2) is 0 Å². The summed E-state index contributed by atoms with van der Waals surface area (Å²) >= 11 is 0. The van der Waals surface area contributed by atoms with Gasteiger partial charge in [-0.15, -0.1) is 0 Å². The van der Waals surface area contributed by atoms with Crippen LogP contribution in [0.3, 0.4) is 0 Å². The molecule has 1 heteroatoms. The highest BCUT2D eigenvalue weighted by Crippen LogP contribution is 2.21. The van der Waals surface area contributed by atoms with E-state index in [1.807, 2.05) is 0 Å². The van der Waals surface area contributed by atoms with Crippen molar-refractivity contribution >= 4 is 0 Å². The standard InChI is InChI=1S/C14H31N/c1-6-9-12-15(13-10-7-2)14(4,5)11-8-3/h6-13H2,1-5H3. The number of unbranched alkanes of at least 4 members (excludes halogenated alkanes) is 2. The van der Waals surface area contributed by atoms with Crippen molar-refractivity contribution < 1.29 is 0 Å². The first kappa shape index (κ1) is 15.0. The molecule has 0 rings (SSSR count). The van der Waals surface area contributed by atoms with E-state index >= 15 is 0 Å². The zero-order valence-corrected chi connectivity index (χ0v) is 11.6. The lowest BCUT2D eigenvalue weighted by molar-refractivity contribution is 0.106. The van der Waals surface area contributed by atoms with Crippen molar-refractivity contribution in [3.05, 3.63) is 0 Å². The van der Waals surface area contributed by atoms with Crippen LogP contribution >= 0.6 is 0 Å². The maximum absolute atomic E-state index is 2.70. The Labute approximate surface area is 97.2 Å². The van der Waals surface area contributed by atoms with E-state index in [-0.39, 0.29) is 0 Å². The number of hydrogen-bond acceptors (Lipinski definition) is 1. The second-order valence-electron chi connectivity index (χ2n) is 5.26. The van der Waals surface area contributed by atoms with Crippen LogP contribution < -0.4 is 0 Å². The van der Waals surface area contributed by atoms with E-state index in [1.165, 1.54) is 51.6 Å². The molecule has 0 aliphatic carbocycles. The van der Waals surface area contributed by atoms with Gasteiger partial charge in [-0.1, -0.05) is 40.0 Å². The van der Waals surface area contributed by atoms with Crippen LogP contribution in [-0.4, -0.2) is 23.5 Å². The fourth-order valence-corrected chi connectivity index (χ4v) is 2.18. The molecule has 0 saturated heterocycles. The quantitative estimate of drug-likeness (QED) is 0.546. The number of hydrogen-bond donors (Lipinski definition) is 0. The van der Waals surface area contributed by atoms with Gasteiger partial charge < -0.3 is 0 Å². The van der Waals surface area contributed by atoms with Gasteiger partial charge in [-0.2, -0.15) is 0 Å². The molecule has 0 bridgehead atoms. The summed E-state index contributed by atoms with van der Waals surface area (Å²) < 4.78 is 0. The van der Waals surface area contributed by atoms with Gasteiger partial charge in [-0.3, -0.25) is 4.90 Å². The van der Waals surface area contributed by atoms with Crippen LogP contribution in [0.1, 0.15) is 73.1 Å². The maximum Gasteiger partial charge on any atom is 0.0153 e. The molecule has 0 spiro atoms. The van der Waals surface area contributed by atoms with Crippen molar-refractivity contribution in [2.45, 2.75) is 78.7 Å². The molecule has 92 valence electrons. The lowest BCUT2D eigenvalue weighted by Crippen LogP contribution is -2.44. The Morgan fingerprint density at radius 1 is 0.800 bits per heavy atom. The van der Waals surface area contributed by atoms with E-state index in [0.717, 1.165) is 0 Å². The predicted molar refractivity (Wildman–Crippen MR) is 70.4 cm³/mol. The SMILES string of the molecule is CCCCN(CCCC)C(C)(C)CCC. The minimum atomic E-state index is 0.402. The average Bonchev–Trinajstić information content (AvgIpc) is 2.17. The van der Waals surface area contributed by atoms with Crippen LogP contribution in [-0.2, 0) is 0 Å². The van der Waals surface area contributed by atoms with Gasteiger partial charge in [0.15, 0.2) is 0 Å². The minimum Gasteiger partial charge on any atom is -0.298 e. The third-order valence-electron chi connectivity index (χ3n) is 3.28. The molecule has 0 N–H and O–H groups in total. The van der Waals surface area contributed by atoms with E-state index in [4.69, 9.17) is 0 Å². The molecule has 0 aliphatic heterocycles. The summed E-state index contributed by atoms with van der Waals surface area (Å²) in [5, 5.41) is 0. The summed E-state index contributed by atoms with van der Waals surface area (Å²) in [4.78, 5) is 2.70. The van der Waals surface area contributed by atoms with Crippen molar-refractivity contribution in [2.24, 2.45) is 0 Å². The Morgan fingerprint density at radius 2 is 1.27 bits per heavy atom. The van der Waals surface area contributed by atoms with Gasteiger partial charge in [0.1, 0.15) is 0 Å². The van der Waals surface area contributed by atoms with E-state index < -0.39 is 0 Å². The summed E-state index contributed by atoms with van der Waals surface area (Å²) in [5.41, 5.74) is 0.402. The smallest absolute Gasteiger partial charge is 0.0153 e. The van der Waals surface area contributed by atoms with Gasteiger partial charge in [0.2, 0.25) is 0 Å². The monoisotopic (exact) mass is 213 g/mol. The molecular weight excluding hydrogens is 182 g/mol. The molecule has 0 amide bonds. The molecule has 0 fully saturated rings. The molecule has 0 aromatic rings. The van der Waals surface area contributed by atoms with Gasteiger partial charge in [0, 0.05) is 5.54 Å². The van der Waals surface area contributed by atoms with Crippen molar-refractivity contribution in [2.75, 3.05) is 13.1 Å². The first-order valence-electron chi connectivity index (χ1n) is 6.83. The van der Waals surface area contributed by atoms with Crippen LogP contribution in [0.4, 0.5) is 0 Å². The van der Waals surface area contributed by atoms with E-state index in [2.05, 4.69) is 39.5 Å². The molecule has 0 aliphatic rings. The van der Waals surface area contributed by atoms with Crippen LogP contribution in [0.5, 0.6) is 0 Å². The zero-order valence-electron chi connectivity index (χ0n) is 11.6. The van der Waals surface area contributed by atoms with Gasteiger partial charge in [0.25, 0.3) is 0 Å². The first-order chi connectivity index (χ1) is 7.08. The summed E-state index contributed by atoms with van der Waals surface area (Å²) in [7, 11) is 0. The lowest BCUT2D eigenvalue weighted by atomic mass is 9.95. The first-order valence-corrected chi connectivity index (χ1v) is 6.83. The van der Waals surface area contributed by atoms with Gasteiger partial charge in [-0.25, -0.2) is 0 Å². The Bertz CT molecular complexity index is 132. The Morgan fingerprint density at radius 3 is 1.60 bits per heavy atom. The molecule has 0 saturated carbocycles. The van der Waals surface area contributed by atoms with Gasteiger partial charge in [-0.05, 0) is 46.2 Å². The van der Waals surface area contributed by atoms with Gasteiger partial charge in [0.05, 0.1) is 0 Å². The normalized spacial score (nSPS) is 12.4. The second kappa shape index (κ2) is 8.15. The Kier molecular flexibility index (Phi) is 8.13. The molecule has 0 aromatic carbocycles. The molecule has 1 nitrogen and oxygen atoms in total. The minimum absolute atomic E-state index is 0.402. The molecule has 0 aromatic heterocycles.